The number of thiophene rings is 3. The largest absolute Gasteiger partial charge is 0.448 e. The highest BCUT2D eigenvalue weighted by Crippen LogP contribution is 2.39. The Balaban J connectivity index is 0.000000153. The number of furan rings is 3. The number of fused-ring (bicyclic) bond motifs is 9. The summed E-state index contributed by atoms with van der Waals surface area (Å²) in [6.07, 6.45) is 0. The Kier molecular flexibility index (Phi) is 26.1. The minimum atomic E-state index is -0.711. The van der Waals surface area contributed by atoms with E-state index in [0.717, 1.165) is 35.8 Å². The van der Waals surface area contributed by atoms with E-state index in [0.29, 0.717) is 72.1 Å². The van der Waals surface area contributed by atoms with Crippen molar-refractivity contribution in [2.45, 2.75) is 107 Å². The fraction of sp³-hybridized carbons (Fsp3) is 0.284. The molecule has 9 aromatic heterocycles. The van der Waals surface area contributed by atoms with Gasteiger partial charge in [-0.3, -0.25) is 42.5 Å². The molecule has 3 atom stereocenters. The van der Waals surface area contributed by atoms with Crippen molar-refractivity contribution in [1.29, 1.82) is 0 Å². The molecule has 0 aliphatic carbocycles. The third-order valence-electron chi connectivity index (χ3n) is 20.2. The molecule has 0 aliphatic rings. The maximum Gasteiger partial charge on any atom is 0.297 e. The lowest BCUT2D eigenvalue weighted by atomic mass is 9.99. The Hall–Kier alpha value is -10.8. The van der Waals surface area contributed by atoms with E-state index in [4.69, 9.17) is 57.0 Å². The highest BCUT2D eigenvalue weighted by atomic mass is 79.9. The molecule has 0 bridgehead atoms. The monoisotopic (exact) mass is 1740 g/mol. The fourth-order valence-electron chi connectivity index (χ4n) is 14.8. The minimum Gasteiger partial charge on any atom is -0.448 e. The molecule has 0 saturated heterocycles. The molecule has 0 fully saturated rings. The molecule has 3 amide bonds. The maximum atomic E-state index is 14.5. The van der Waals surface area contributed by atoms with Crippen LogP contribution in [0.3, 0.4) is 0 Å². The molecule has 0 spiro atoms. The summed E-state index contributed by atoms with van der Waals surface area (Å²) in [5, 5.41) is 7.73. The molecule has 118 heavy (non-hydrogen) atoms. The van der Waals surface area contributed by atoms with Crippen molar-refractivity contribution in [3.8, 4) is 0 Å². The van der Waals surface area contributed by atoms with Gasteiger partial charge in [0.05, 0.1) is 37.8 Å². The van der Waals surface area contributed by atoms with Gasteiger partial charge in [-0.1, -0.05) is 75.1 Å². The second-order valence-electron chi connectivity index (χ2n) is 30.0. The van der Waals surface area contributed by atoms with Crippen LogP contribution in [-0.2, 0) is 19.6 Å². The van der Waals surface area contributed by atoms with Gasteiger partial charge in [0.2, 0.25) is 16.7 Å². The first-order valence-electron chi connectivity index (χ1n) is 38.2. The minimum absolute atomic E-state index is 0.0115. The van der Waals surface area contributed by atoms with Crippen LogP contribution in [0, 0.1) is 68.7 Å². The zero-order valence-corrected chi connectivity index (χ0v) is 71.1. The molecule has 3 unspecified atom stereocenters. The summed E-state index contributed by atoms with van der Waals surface area (Å²) in [4.78, 5) is 106. The standard InChI is InChI=1S/C30H30F2N4O3S.C29H28BrFN4O3S.C29H28ClFN4O3S/c1-16(2)26(35(10-9-33)29(37)19-6-5-18(4)23(32)12-19)28-34-25-22-13-20(31)7-8-24(22)39-27(25)30(38)36(28)14-21-11-17(3)15-40-21;2*1-16(2)25(34(11-10-32)28(36)18-4-6-19(30)7-5-18)27-33-24-22-13-20(31)8-9-23(22)38-26(24)29(37)35(27)14-21-12-17(3)15-39-21/h5-8,11-13,15-16,26H,9-10,14,33H2,1-4H3;2*4-9,12-13,15-16,25H,10-11,14,32H2,1-3H3. The zero-order chi connectivity index (χ0) is 84.4. The van der Waals surface area contributed by atoms with Crippen molar-refractivity contribution >= 4 is 145 Å². The molecule has 0 saturated carbocycles. The van der Waals surface area contributed by atoms with E-state index in [1.165, 1.54) is 87.9 Å². The summed E-state index contributed by atoms with van der Waals surface area (Å²) in [7, 11) is 0. The first-order valence-corrected chi connectivity index (χ1v) is 42.0. The van der Waals surface area contributed by atoms with Gasteiger partial charge in [0.1, 0.15) is 74.0 Å². The molecule has 0 aliphatic heterocycles. The molecule has 0 radical (unpaired) electrons. The average Bonchev–Trinajstić information content (AvgIpc) is 1.57. The molecule has 6 N–H and O–H groups in total. The number of benzene rings is 6. The van der Waals surface area contributed by atoms with Crippen molar-refractivity contribution in [3.63, 3.8) is 0 Å². The summed E-state index contributed by atoms with van der Waals surface area (Å²) in [6, 6.07) is 34.4. The number of aromatic nitrogens is 6. The van der Waals surface area contributed by atoms with E-state index < -0.39 is 58.4 Å². The quantitative estimate of drug-likeness (QED) is 0.0474. The van der Waals surface area contributed by atoms with Gasteiger partial charge in [-0.05, 0) is 217 Å². The molecule has 21 nitrogen and oxygen atoms in total. The van der Waals surface area contributed by atoms with Crippen LogP contribution in [0.5, 0.6) is 0 Å². The lowest BCUT2D eigenvalue weighted by Crippen LogP contribution is -2.43. The Morgan fingerprint density at radius 2 is 0.746 bits per heavy atom. The summed E-state index contributed by atoms with van der Waals surface area (Å²) in [5.74, 6) is -2.20. The topological polar surface area (TPSA) is 283 Å². The van der Waals surface area contributed by atoms with Crippen molar-refractivity contribution < 1.29 is 45.2 Å². The van der Waals surface area contributed by atoms with Crippen molar-refractivity contribution in [1.82, 2.24) is 43.4 Å². The van der Waals surface area contributed by atoms with Crippen LogP contribution in [0.15, 0.2) is 188 Å². The predicted molar refractivity (Wildman–Crippen MR) is 461 cm³/mol. The number of halogens is 6. The molecule has 30 heteroatoms. The third kappa shape index (κ3) is 17.8. The Morgan fingerprint density at radius 1 is 0.441 bits per heavy atom. The number of carbonyl (C=O) groups is 3. The lowest BCUT2D eigenvalue weighted by molar-refractivity contribution is 0.0606. The maximum absolute atomic E-state index is 14.5. The van der Waals surface area contributed by atoms with Crippen LogP contribution in [0.1, 0.15) is 145 Å². The van der Waals surface area contributed by atoms with Crippen LogP contribution in [0.25, 0.3) is 66.2 Å². The number of carbonyl (C=O) groups excluding carboxylic acids is 3. The summed E-state index contributed by atoms with van der Waals surface area (Å²) in [6.45, 7) is 21.2. The normalized spacial score (nSPS) is 12.5. The van der Waals surface area contributed by atoms with Gasteiger partial charge in [-0.15, -0.1) is 34.0 Å². The van der Waals surface area contributed by atoms with Gasteiger partial charge in [-0.25, -0.2) is 32.5 Å². The molecular weight excluding hydrogens is 1660 g/mol. The van der Waals surface area contributed by atoms with E-state index in [2.05, 4.69) is 15.9 Å². The van der Waals surface area contributed by atoms with Crippen LogP contribution in [0.4, 0.5) is 17.6 Å². The second-order valence-corrected chi connectivity index (χ2v) is 34.4. The Bertz CT molecular complexity index is 6210. The van der Waals surface area contributed by atoms with E-state index >= 15 is 0 Å². The van der Waals surface area contributed by atoms with Gasteiger partial charge < -0.3 is 45.2 Å². The van der Waals surface area contributed by atoms with Gasteiger partial charge in [-0.2, -0.15) is 0 Å². The van der Waals surface area contributed by atoms with Crippen LogP contribution in [-0.4, -0.2) is 100 Å². The van der Waals surface area contributed by atoms with Crippen LogP contribution < -0.4 is 33.9 Å². The summed E-state index contributed by atoms with van der Waals surface area (Å²) < 4.78 is 80.3. The third-order valence-corrected chi connectivity index (χ3v) is 24.1. The number of aryl methyl sites for hydroxylation is 4. The van der Waals surface area contributed by atoms with E-state index in [-0.39, 0.29) is 133 Å². The molecule has 15 aromatic rings. The average molecular weight is 1740 g/mol. The number of hydrogen-bond acceptors (Lipinski definition) is 18. The van der Waals surface area contributed by atoms with Crippen LogP contribution >= 0.6 is 61.5 Å². The van der Waals surface area contributed by atoms with Gasteiger partial charge in [0.15, 0.2) is 0 Å². The van der Waals surface area contributed by atoms with E-state index in [1.807, 2.05) is 109 Å². The predicted octanol–water partition coefficient (Wildman–Crippen LogP) is 18.4. The number of nitrogens with two attached hydrogens (primary N) is 3. The highest BCUT2D eigenvalue weighted by Gasteiger charge is 2.38. The Labute approximate surface area is 701 Å². The highest BCUT2D eigenvalue weighted by molar-refractivity contribution is 9.10. The number of nitrogens with zero attached hydrogens (tertiary/aromatic N) is 9. The number of rotatable bonds is 24. The molecule has 6 aromatic carbocycles. The number of hydrogen-bond donors (Lipinski definition) is 3. The Morgan fingerprint density at radius 3 is 1.03 bits per heavy atom. The molecule has 612 valence electrons. The van der Waals surface area contributed by atoms with E-state index in [1.54, 1.807) is 90.6 Å². The second kappa shape index (κ2) is 36.2. The summed E-state index contributed by atoms with van der Waals surface area (Å²) in [5.41, 5.74) is 23.5. The molecule has 9 heterocycles. The fourth-order valence-corrected chi connectivity index (χ4v) is 17.8. The molecular formula is C88H86BrClF4N12O9S3. The van der Waals surface area contributed by atoms with Crippen molar-refractivity contribution in [2.75, 3.05) is 39.3 Å². The van der Waals surface area contributed by atoms with Gasteiger partial charge >= 0.3 is 0 Å². The summed E-state index contributed by atoms with van der Waals surface area (Å²) >= 11 is 14.1. The van der Waals surface area contributed by atoms with E-state index in [9.17, 15) is 46.3 Å². The van der Waals surface area contributed by atoms with Crippen LogP contribution in [0.2, 0.25) is 5.02 Å². The lowest BCUT2D eigenvalue weighted by Gasteiger charge is -2.35. The van der Waals surface area contributed by atoms with Gasteiger partial charge in [0.25, 0.3) is 34.4 Å². The first-order chi connectivity index (χ1) is 56.4. The smallest absolute Gasteiger partial charge is 0.297 e. The SMILES string of the molecule is Cc1csc(Cn2c(C(C(C)C)N(CCN)C(=O)c3ccc(Br)cc3)nc3c(oc4ccc(F)cc43)c2=O)c1.Cc1csc(Cn2c(C(C(C)C)N(CCN)C(=O)c3ccc(C)c(F)c3)nc3c(oc4ccc(F)cc43)c2=O)c1.Cc1csc(Cn2c(C(C(C)C)N(CCN)C(=O)c3ccc(Cl)cc3)nc3c(oc4ccc(F)cc43)c2=O)c1. The van der Waals surface area contributed by atoms with Crippen molar-refractivity contribution in [2.24, 2.45) is 35.0 Å². The first kappa shape index (κ1) is 85.1. The van der Waals surface area contributed by atoms with Crippen molar-refractivity contribution in [3.05, 3.63) is 291 Å². The van der Waals surface area contributed by atoms with Gasteiger partial charge in [0, 0.05) is 96.2 Å². The molecule has 15 rings (SSSR count). The zero-order valence-electron chi connectivity index (χ0n) is 66.3. The number of amides is 3.